The Balaban J connectivity index is 0.00000280. The normalized spacial score (nSPS) is 11.0. The van der Waals surface area contributed by atoms with Crippen LogP contribution in [-0.4, -0.2) is 28.8 Å². The lowest BCUT2D eigenvalue weighted by molar-refractivity contribution is 0.606. The summed E-state index contributed by atoms with van der Waals surface area (Å²) in [4.78, 5) is 4.61. The molecule has 0 saturated carbocycles. The molecule has 0 amide bonds. The highest BCUT2D eigenvalue weighted by Crippen LogP contribution is 2.09. The maximum absolute atomic E-state index is 13.7. The van der Waals surface area contributed by atoms with Gasteiger partial charge in [-0.15, -0.1) is 24.0 Å². The Morgan fingerprint density at radius 3 is 2.54 bits per heavy atom. The van der Waals surface area contributed by atoms with Crippen LogP contribution < -0.4 is 10.6 Å². The fourth-order valence-corrected chi connectivity index (χ4v) is 2.70. The van der Waals surface area contributed by atoms with Crippen molar-refractivity contribution >= 4 is 29.9 Å². The minimum atomic E-state index is -0.168. The van der Waals surface area contributed by atoms with E-state index in [1.165, 1.54) is 6.07 Å². The summed E-state index contributed by atoms with van der Waals surface area (Å²) in [5.74, 6) is 0.559. The minimum Gasteiger partial charge on any atom is -0.357 e. The van der Waals surface area contributed by atoms with E-state index >= 15 is 0 Å². The predicted octanol–water partition coefficient (Wildman–Crippen LogP) is 3.93. The number of nitrogens with zero attached hydrogens (tertiary/aromatic N) is 3. The van der Waals surface area contributed by atoms with E-state index in [0.717, 1.165) is 23.8 Å². The zero-order valence-electron chi connectivity index (χ0n) is 15.8. The summed E-state index contributed by atoms with van der Waals surface area (Å²) in [6.45, 7) is 3.97. The van der Waals surface area contributed by atoms with Gasteiger partial charge in [0.15, 0.2) is 5.96 Å². The molecule has 3 aromatic rings. The quantitative estimate of drug-likeness (QED) is 0.298. The monoisotopic (exact) mass is 493 g/mol. The smallest absolute Gasteiger partial charge is 0.191 e. The van der Waals surface area contributed by atoms with Crippen molar-refractivity contribution in [2.75, 3.05) is 13.1 Å². The molecule has 0 aliphatic carbocycles. The third kappa shape index (κ3) is 6.33. The molecular weight excluding hydrogens is 468 g/mol. The first-order chi connectivity index (χ1) is 13.3. The van der Waals surface area contributed by atoms with Crippen molar-refractivity contribution in [1.29, 1.82) is 0 Å². The largest absolute Gasteiger partial charge is 0.357 e. The highest BCUT2D eigenvalue weighted by atomic mass is 127. The molecule has 1 heterocycles. The van der Waals surface area contributed by atoms with Crippen molar-refractivity contribution in [3.8, 4) is 5.69 Å². The number of hydrogen-bond donors (Lipinski definition) is 2. The Bertz CT molecular complexity index is 863. The summed E-state index contributed by atoms with van der Waals surface area (Å²) >= 11 is 0. The molecule has 5 nitrogen and oxygen atoms in total. The fraction of sp³-hybridized carbons (Fsp3) is 0.238. The molecule has 0 fully saturated rings. The molecule has 0 saturated heterocycles. The molecule has 0 radical (unpaired) electrons. The Hall–Kier alpha value is -2.42. The van der Waals surface area contributed by atoms with Gasteiger partial charge in [0.25, 0.3) is 0 Å². The number of benzene rings is 2. The van der Waals surface area contributed by atoms with Gasteiger partial charge >= 0.3 is 0 Å². The second-order valence-electron chi connectivity index (χ2n) is 6.08. The average molecular weight is 493 g/mol. The molecule has 0 bridgehead atoms. The van der Waals surface area contributed by atoms with Crippen molar-refractivity contribution in [1.82, 2.24) is 20.4 Å². The van der Waals surface area contributed by atoms with Crippen LogP contribution in [0.15, 0.2) is 72.0 Å². The standard InChI is InChI=1S/C21H24FN5.HI/c1-2-23-21(24-14-12-18-6-3-4-7-20(18)22)25-16-17-8-10-19(11-9-17)27-15-5-13-26-27;/h3-11,13,15H,2,12,14,16H2,1H3,(H2,23,24,25);1H. The number of hydrogen-bond acceptors (Lipinski definition) is 2. The zero-order chi connectivity index (χ0) is 18.9. The van der Waals surface area contributed by atoms with Gasteiger partial charge in [0.05, 0.1) is 12.2 Å². The van der Waals surface area contributed by atoms with Crippen LogP contribution in [0.25, 0.3) is 5.69 Å². The summed E-state index contributed by atoms with van der Waals surface area (Å²) in [6.07, 6.45) is 4.28. The maximum Gasteiger partial charge on any atom is 0.191 e. The Kier molecular flexibility index (Phi) is 8.93. The van der Waals surface area contributed by atoms with Crippen molar-refractivity contribution in [3.63, 3.8) is 0 Å². The highest BCUT2D eigenvalue weighted by Gasteiger charge is 2.02. The molecule has 148 valence electrons. The predicted molar refractivity (Wildman–Crippen MR) is 122 cm³/mol. The van der Waals surface area contributed by atoms with E-state index in [-0.39, 0.29) is 29.8 Å². The van der Waals surface area contributed by atoms with Crippen molar-refractivity contribution < 1.29 is 4.39 Å². The van der Waals surface area contributed by atoms with Gasteiger partial charge in [-0.3, -0.25) is 0 Å². The molecule has 7 heteroatoms. The van der Waals surface area contributed by atoms with E-state index in [1.54, 1.807) is 12.3 Å². The molecule has 0 unspecified atom stereocenters. The summed E-state index contributed by atoms with van der Waals surface area (Å²) in [7, 11) is 0. The van der Waals surface area contributed by atoms with Gasteiger partial charge in [0.2, 0.25) is 0 Å². The van der Waals surface area contributed by atoms with Gasteiger partial charge in [-0.2, -0.15) is 5.10 Å². The highest BCUT2D eigenvalue weighted by molar-refractivity contribution is 14.0. The fourth-order valence-electron chi connectivity index (χ4n) is 2.70. The third-order valence-electron chi connectivity index (χ3n) is 4.11. The van der Waals surface area contributed by atoms with Gasteiger partial charge in [-0.1, -0.05) is 30.3 Å². The van der Waals surface area contributed by atoms with Crippen LogP contribution in [0.4, 0.5) is 4.39 Å². The number of guanidine groups is 1. The average Bonchev–Trinajstić information content (AvgIpc) is 3.23. The summed E-state index contributed by atoms with van der Waals surface area (Å²) < 4.78 is 15.5. The van der Waals surface area contributed by atoms with E-state index < -0.39 is 0 Å². The molecule has 0 aliphatic rings. The van der Waals surface area contributed by atoms with Gasteiger partial charge in [0.1, 0.15) is 5.82 Å². The van der Waals surface area contributed by atoms with Gasteiger partial charge in [0, 0.05) is 25.5 Å². The number of rotatable bonds is 7. The van der Waals surface area contributed by atoms with E-state index in [2.05, 4.69) is 20.7 Å². The van der Waals surface area contributed by atoms with Crippen LogP contribution >= 0.6 is 24.0 Å². The molecule has 3 rings (SSSR count). The van der Waals surface area contributed by atoms with E-state index in [9.17, 15) is 4.39 Å². The van der Waals surface area contributed by atoms with E-state index in [1.807, 2.05) is 60.3 Å². The maximum atomic E-state index is 13.7. The van der Waals surface area contributed by atoms with Gasteiger partial charge < -0.3 is 10.6 Å². The minimum absolute atomic E-state index is 0. The Morgan fingerprint density at radius 1 is 1.07 bits per heavy atom. The van der Waals surface area contributed by atoms with E-state index in [4.69, 9.17) is 0 Å². The Morgan fingerprint density at radius 2 is 1.86 bits per heavy atom. The summed E-state index contributed by atoms with van der Waals surface area (Å²) in [5.41, 5.74) is 2.83. The lowest BCUT2D eigenvalue weighted by Gasteiger charge is -2.12. The lowest BCUT2D eigenvalue weighted by Crippen LogP contribution is -2.38. The second kappa shape index (κ2) is 11.4. The van der Waals surface area contributed by atoms with Crippen molar-refractivity contribution in [2.24, 2.45) is 4.99 Å². The van der Waals surface area contributed by atoms with Crippen LogP contribution in [-0.2, 0) is 13.0 Å². The number of aromatic nitrogens is 2. The molecule has 0 spiro atoms. The number of nitrogens with one attached hydrogen (secondary N) is 2. The first kappa shape index (κ1) is 21.9. The second-order valence-corrected chi connectivity index (χ2v) is 6.08. The van der Waals surface area contributed by atoms with Crippen LogP contribution in [0.1, 0.15) is 18.1 Å². The van der Waals surface area contributed by atoms with Gasteiger partial charge in [-0.05, 0) is 48.7 Å². The number of halogens is 2. The van der Waals surface area contributed by atoms with Crippen molar-refractivity contribution in [3.05, 3.63) is 83.9 Å². The number of aliphatic imine (C=N–C) groups is 1. The molecular formula is C21H25FIN5. The summed E-state index contributed by atoms with van der Waals surface area (Å²) in [6, 6.07) is 16.9. The van der Waals surface area contributed by atoms with Crippen molar-refractivity contribution in [2.45, 2.75) is 19.9 Å². The first-order valence-corrected chi connectivity index (χ1v) is 9.11. The Labute approximate surface area is 182 Å². The summed E-state index contributed by atoms with van der Waals surface area (Å²) in [5, 5.41) is 10.7. The SMILES string of the molecule is CCNC(=NCc1ccc(-n2cccn2)cc1)NCCc1ccccc1F.I. The molecule has 1 aromatic heterocycles. The van der Waals surface area contributed by atoms with E-state index in [0.29, 0.717) is 25.1 Å². The van der Waals surface area contributed by atoms with Crippen LogP contribution in [0.2, 0.25) is 0 Å². The van der Waals surface area contributed by atoms with Gasteiger partial charge in [-0.25, -0.2) is 14.1 Å². The zero-order valence-corrected chi connectivity index (χ0v) is 18.1. The molecule has 0 atom stereocenters. The lowest BCUT2D eigenvalue weighted by atomic mass is 10.1. The topological polar surface area (TPSA) is 54.2 Å². The van der Waals surface area contributed by atoms with Crippen LogP contribution in [0.5, 0.6) is 0 Å². The molecule has 2 aromatic carbocycles. The third-order valence-corrected chi connectivity index (χ3v) is 4.11. The molecule has 28 heavy (non-hydrogen) atoms. The molecule has 2 N–H and O–H groups in total. The molecule has 0 aliphatic heterocycles. The van der Waals surface area contributed by atoms with Crippen LogP contribution in [0, 0.1) is 5.82 Å². The first-order valence-electron chi connectivity index (χ1n) is 9.11. The van der Waals surface area contributed by atoms with Crippen LogP contribution in [0.3, 0.4) is 0 Å².